The number of pyridine rings is 1. The van der Waals surface area contributed by atoms with Crippen molar-refractivity contribution in [1.82, 2.24) is 9.55 Å². The Morgan fingerprint density at radius 1 is 0.903 bits per heavy atom. The zero-order valence-electron chi connectivity index (χ0n) is 16.9. The molecule has 2 aromatic heterocycles. The highest BCUT2D eigenvalue weighted by molar-refractivity contribution is 7.99. The molecule has 4 rings (SSSR count). The van der Waals surface area contributed by atoms with Crippen LogP contribution in [0.3, 0.4) is 0 Å². The lowest BCUT2D eigenvalue weighted by atomic mass is 10.1. The van der Waals surface area contributed by atoms with Crippen molar-refractivity contribution in [3.63, 3.8) is 0 Å². The number of hydrogen-bond acceptors (Lipinski definition) is 3. The van der Waals surface area contributed by atoms with Gasteiger partial charge in [-0.2, -0.15) is 0 Å². The molecule has 0 saturated heterocycles. The molecule has 2 heterocycles. The summed E-state index contributed by atoms with van der Waals surface area (Å²) in [4.78, 5) is 5.08. The maximum Gasteiger partial charge on any atom is 0.148 e. The number of ether oxygens (including phenoxy) is 1. The fraction of sp³-hybridized carbons (Fsp3) is 0.125. The quantitative estimate of drug-likeness (QED) is 0.274. The van der Waals surface area contributed by atoms with Gasteiger partial charge in [-0.3, -0.25) is 4.98 Å². The molecule has 0 amide bonds. The summed E-state index contributed by atoms with van der Waals surface area (Å²) >= 11 is 20.3. The SMILES string of the molecule is COc1c(-c2ccc(Cl)cc2)c(Sc2cc(Cl)cc(Cl)c2)n(Cc2ccncc2)c1C. The molecular formula is C24H19Cl3N2OS. The maximum absolute atomic E-state index is 6.27. The number of nitrogens with zero attached hydrogens (tertiary/aromatic N) is 2. The van der Waals surface area contributed by atoms with Crippen molar-refractivity contribution in [3.05, 3.63) is 93.3 Å². The van der Waals surface area contributed by atoms with Crippen molar-refractivity contribution >= 4 is 46.6 Å². The largest absolute Gasteiger partial charge is 0.494 e. The van der Waals surface area contributed by atoms with Gasteiger partial charge in [0.15, 0.2) is 0 Å². The number of halogens is 3. The van der Waals surface area contributed by atoms with E-state index >= 15 is 0 Å². The summed E-state index contributed by atoms with van der Waals surface area (Å²) in [6.45, 7) is 2.74. The van der Waals surface area contributed by atoms with Gasteiger partial charge in [-0.25, -0.2) is 0 Å². The Morgan fingerprint density at radius 3 is 2.16 bits per heavy atom. The summed E-state index contributed by atoms with van der Waals surface area (Å²) in [6, 6.07) is 17.4. The van der Waals surface area contributed by atoms with Crippen LogP contribution in [0.2, 0.25) is 15.1 Å². The summed E-state index contributed by atoms with van der Waals surface area (Å²) in [5, 5.41) is 2.91. The predicted octanol–water partition coefficient (Wildman–Crippen LogP) is 8.03. The third-order valence-corrected chi connectivity index (χ3v) is 6.67. The van der Waals surface area contributed by atoms with E-state index in [2.05, 4.69) is 16.5 Å². The van der Waals surface area contributed by atoms with E-state index in [1.54, 1.807) is 37.3 Å². The van der Waals surface area contributed by atoms with Crippen molar-refractivity contribution < 1.29 is 4.74 Å². The molecule has 158 valence electrons. The van der Waals surface area contributed by atoms with Crippen LogP contribution in [0, 0.1) is 6.92 Å². The number of rotatable bonds is 6. The van der Waals surface area contributed by atoms with E-state index in [0.717, 1.165) is 38.1 Å². The van der Waals surface area contributed by atoms with Crippen LogP contribution < -0.4 is 4.74 Å². The van der Waals surface area contributed by atoms with Gasteiger partial charge in [0.1, 0.15) is 5.75 Å². The minimum absolute atomic E-state index is 0.596. The Morgan fingerprint density at radius 2 is 1.55 bits per heavy atom. The molecule has 0 radical (unpaired) electrons. The molecule has 0 saturated carbocycles. The van der Waals surface area contributed by atoms with Crippen LogP contribution in [0.1, 0.15) is 11.3 Å². The summed E-state index contributed by atoms with van der Waals surface area (Å²) in [6.07, 6.45) is 3.60. The number of aromatic nitrogens is 2. The molecule has 0 N–H and O–H groups in total. The van der Waals surface area contributed by atoms with E-state index < -0.39 is 0 Å². The van der Waals surface area contributed by atoms with Crippen LogP contribution in [-0.4, -0.2) is 16.7 Å². The van der Waals surface area contributed by atoms with Gasteiger partial charge >= 0.3 is 0 Å². The first-order valence-corrected chi connectivity index (χ1v) is 11.5. The predicted molar refractivity (Wildman–Crippen MR) is 130 cm³/mol. The van der Waals surface area contributed by atoms with E-state index in [1.165, 1.54) is 0 Å². The highest BCUT2D eigenvalue weighted by Crippen LogP contribution is 2.46. The lowest BCUT2D eigenvalue weighted by molar-refractivity contribution is 0.411. The van der Waals surface area contributed by atoms with Crippen LogP contribution in [0.5, 0.6) is 5.75 Å². The Labute approximate surface area is 200 Å². The zero-order valence-corrected chi connectivity index (χ0v) is 20.0. The van der Waals surface area contributed by atoms with E-state index in [0.29, 0.717) is 21.6 Å². The normalized spacial score (nSPS) is 11.0. The monoisotopic (exact) mass is 488 g/mol. The third-order valence-electron chi connectivity index (χ3n) is 4.90. The number of benzene rings is 2. The molecule has 0 spiro atoms. The molecule has 7 heteroatoms. The Balaban J connectivity index is 1.91. The van der Waals surface area contributed by atoms with Gasteiger partial charge < -0.3 is 9.30 Å². The molecule has 3 nitrogen and oxygen atoms in total. The minimum atomic E-state index is 0.596. The number of methoxy groups -OCH3 is 1. The van der Waals surface area contributed by atoms with Crippen molar-refractivity contribution in [1.29, 1.82) is 0 Å². The van der Waals surface area contributed by atoms with Crippen molar-refractivity contribution in [2.45, 2.75) is 23.4 Å². The van der Waals surface area contributed by atoms with Crippen LogP contribution in [0.25, 0.3) is 11.1 Å². The first kappa shape index (κ1) is 22.1. The summed E-state index contributed by atoms with van der Waals surface area (Å²) in [7, 11) is 1.70. The van der Waals surface area contributed by atoms with E-state index in [1.807, 2.05) is 48.5 Å². The molecule has 2 aromatic carbocycles. The third kappa shape index (κ3) is 4.88. The van der Waals surface area contributed by atoms with Gasteiger partial charge in [-0.05, 0) is 60.5 Å². The minimum Gasteiger partial charge on any atom is -0.494 e. The Kier molecular flexibility index (Phi) is 6.83. The average molecular weight is 490 g/mol. The fourth-order valence-electron chi connectivity index (χ4n) is 3.48. The molecule has 0 aliphatic rings. The van der Waals surface area contributed by atoms with Crippen molar-refractivity contribution in [3.8, 4) is 16.9 Å². The van der Waals surface area contributed by atoms with Gasteiger partial charge in [0, 0.05) is 38.9 Å². The van der Waals surface area contributed by atoms with Crippen LogP contribution in [-0.2, 0) is 6.54 Å². The molecule has 0 aliphatic carbocycles. The molecule has 0 atom stereocenters. The Hall–Kier alpha value is -2.11. The molecule has 4 aromatic rings. The summed E-state index contributed by atoms with van der Waals surface area (Å²) < 4.78 is 8.12. The van der Waals surface area contributed by atoms with Crippen molar-refractivity contribution in [2.75, 3.05) is 7.11 Å². The molecule has 0 fully saturated rings. The van der Waals surface area contributed by atoms with Gasteiger partial charge in [0.2, 0.25) is 0 Å². The van der Waals surface area contributed by atoms with E-state index in [-0.39, 0.29) is 0 Å². The van der Waals surface area contributed by atoms with Crippen molar-refractivity contribution in [2.24, 2.45) is 0 Å². The smallest absolute Gasteiger partial charge is 0.148 e. The van der Waals surface area contributed by atoms with Crippen LogP contribution in [0.4, 0.5) is 0 Å². The number of hydrogen-bond donors (Lipinski definition) is 0. The van der Waals surface area contributed by atoms with Gasteiger partial charge in [-0.1, -0.05) is 58.7 Å². The molecule has 0 aliphatic heterocycles. The topological polar surface area (TPSA) is 27.1 Å². The van der Waals surface area contributed by atoms with Crippen LogP contribution >= 0.6 is 46.6 Å². The van der Waals surface area contributed by atoms with Crippen LogP contribution in [0.15, 0.2) is 76.9 Å². The van der Waals surface area contributed by atoms with Gasteiger partial charge in [-0.15, -0.1) is 0 Å². The molecule has 0 unspecified atom stereocenters. The second kappa shape index (κ2) is 9.58. The van der Waals surface area contributed by atoms with E-state index in [9.17, 15) is 0 Å². The lowest BCUT2D eigenvalue weighted by Gasteiger charge is -2.13. The molecular weight excluding hydrogens is 471 g/mol. The lowest BCUT2D eigenvalue weighted by Crippen LogP contribution is -2.04. The van der Waals surface area contributed by atoms with Gasteiger partial charge in [0.25, 0.3) is 0 Å². The molecule has 31 heavy (non-hydrogen) atoms. The highest BCUT2D eigenvalue weighted by atomic mass is 35.5. The zero-order chi connectivity index (χ0) is 22.0. The summed E-state index contributed by atoms with van der Waals surface area (Å²) in [5.41, 5.74) is 4.20. The second-order valence-corrected chi connectivity index (χ2v) is 9.33. The standard InChI is InChI=1S/C24H19Cl3N2OS/c1-15-23(30-2)22(17-3-5-18(25)6-4-17)24(29(15)14-16-7-9-28-10-8-16)31-21-12-19(26)11-20(27)13-21/h3-13H,14H2,1-2H3. The fourth-order valence-corrected chi connectivity index (χ4v) is 5.48. The Bertz CT molecular complexity index is 1190. The second-order valence-electron chi connectivity index (χ2n) is 6.95. The van der Waals surface area contributed by atoms with E-state index in [4.69, 9.17) is 39.5 Å². The average Bonchev–Trinajstić information content (AvgIpc) is 2.99. The first-order valence-electron chi connectivity index (χ1n) is 9.52. The highest BCUT2D eigenvalue weighted by Gasteiger charge is 2.24. The first-order chi connectivity index (χ1) is 15.0. The molecule has 0 bridgehead atoms. The summed E-state index contributed by atoms with van der Waals surface area (Å²) in [5.74, 6) is 0.826. The van der Waals surface area contributed by atoms with Gasteiger partial charge in [0.05, 0.1) is 23.4 Å². The maximum atomic E-state index is 6.27.